The molecule has 16 atom stereocenters. The molecule has 6 heterocycles. The fourth-order valence-corrected chi connectivity index (χ4v) is 16.3. The number of carbonyl (C=O) groups is 8. The van der Waals surface area contributed by atoms with Crippen LogP contribution in [0.25, 0.3) is 22.3 Å². The van der Waals surface area contributed by atoms with Gasteiger partial charge in [0.05, 0.1) is 54.7 Å². The number of nitrogens with two attached hydrogens (primary N) is 2. The number of imidazole rings is 2. The second-order valence-electron chi connectivity index (χ2n) is 24.7. The largest absolute Gasteiger partial charge is 0.790 e. The van der Waals surface area contributed by atoms with Crippen LogP contribution in [-0.4, -0.2) is 228 Å². The average molecular weight is 1750 g/mol. The standard InChI is InChI=1S/C27H40N7O19P3S.C25H40N7O19P3S/c1-4-5-14(25(39)40)26(41)57-9-8-29-16(35)6-7-30-23(38)20(37)27(2,3)11-50-56(47,48)53-55(45,46)49-10-15-19(52-54(42,43)44)18(36)24(51-15)34-13-33-17-21(28)31-12-32-22(17)34;1-12(23(37)38)24(39)55-7-6-27-14(33)4-5-28-21(36)18(35)25(2,3)9-48-54(45,46)51-53(43,44)47-8-13-17(50-52(40,41)42)16(34)22(49-13)32-11-31-15-19(26)29-10-30-20(15)32/h1,12-15,18-20,24,36-37H,5-11H2,2-3H3,(H,29,35)(H,30,38)(H,39,40)(H,45,46)(H,47,48)(H2,28,31,32)(H2,42,43,44);10-13,16-18,22,34-35H,4-9H2,1-3H3,(H,27,33)(H,28,36)(H,37,38)(H,43,44)(H,45,46)(H2,26,29,30)(H2,40,41,42)/p-8. The first kappa shape index (κ1) is 96.2. The minimum Gasteiger partial charge on any atom is -0.790 e. The molecule has 0 saturated carbocycles. The number of fused-ring (bicyclic) bond motifs is 2. The molecule has 2 aliphatic rings. The number of aliphatic carboxylic acids is 2. The molecule has 2 saturated heterocycles. The number of phosphoric ester groups is 6. The Labute approximate surface area is 639 Å². The van der Waals surface area contributed by atoms with Gasteiger partial charge in [0.1, 0.15) is 84.4 Å². The van der Waals surface area contributed by atoms with Crippen LogP contribution < -0.4 is 71.9 Å². The third-order valence-corrected chi connectivity index (χ3v) is 23.1. The summed E-state index contributed by atoms with van der Waals surface area (Å²) in [5.74, 6) is -6.55. The number of terminal acetylenes is 1. The molecule has 0 spiro atoms. The number of hydrogen-bond acceptors (Lipinski definition) is 46. The summed E-state index contributed by atoms with van der Waals surface area (Å²) in [5.41, 5.74) is 7.97. The summed E-state index contributed by atoms with van der Waals surface area (Å²) in [6.07, 6.45) is -10.9. The van der Waals surface area contributed by atoms with E-state index in [2.05, 4.69) is 92.9 Å². The van der Waals surface area contributed by atoms with Gasteiger partial charge in [-0.1, -0.05) is 51.2 Å². The van der Waals surface area contributed by atoms with Crippen LogP contribution >= 0.6 is 70.5 Å². The van der Waals surface area contributed by atoms with Gasteiger partial charge in [-0.25, -0.2) is 38.5 Å². The maximum atomic E-state index is 12.5. The van der Waals surface area contributed by atoms with Crippen LogP contribution in [-0.2, 0) is 111 Å². The van der Waals surface area contributed by atoms with Crippen molar-refractivity contribution in [3.8, 4) is 12.3 Å². The Morgan fingerprint density at radius 3 is 1.29 bits per heavy atom. The average Bonchev–Trinajstić information content (AvgIpc) is 1.60. The molecule has 52 nitrogen and oxygen atoms in total. The first-order chi connectivity index (χ1) is 51.7. The molecule has 16 unspecified atom stereocenters. The normalized spacial score (nSPS) is 22.1. The highest BCUT2D eigenvalue weighted by Crippen LogP contribution is 2.58. The van der Waals surface area contributed by atoms with Crippen LogP contribution in [0.5, 0.6) is 0 Å². The summed E-state index contributed by atoms with van der Waals surface area (Å²) in [4.78, 5) is 213. The van der Waals surface area contributed by atoms with Crippen molar-refractivity contribution < 1.29 is 181 Å². The highest BCUT2D eigenvalue weighted by Gasteiger charge is 2.50. The number of aliphatic hydroxyl groups excluding tert-OH is 4. The van der Waals surface area contributed by atoms with E-state index >= 15 is 0 Å². The molecule has 0 radical (unpaired) electrons. The maximum Gasteiger partial charge on any atom is 0.315 e. The lowest BCUT2D eigenvalue weighted by atomic mass is 9.87. The third kappa shape index (κ3) is 29.4. The van der Waals surface area contributed by atoms with Crippen molar-refractivity contribution in [2.75, 3.05) is 75.6 Å². The fourth-order valence-electron chi connectivity index (χ4n) is 9.23. The van der Waals surface area contributed by atoms with Gasteiger partial charge in [0.15, 0.2) is 35.4 Å². The molecule has 628 valence electrons. The minimum absolute atomic E-state index is 0.0104. The van der Waals surface area contributed by atoms with Crippen molar-refractivity contribution in [2.45, 2.75) is 115 Å². The van der Waals surface area contributed by atoms with Crippen molar-refractivity contribution in [1.82, 2.24) is 60.3 Å². The van der Waals surface area contributed by atoms with Crippen molar-refractivity contribution in [1.29, 1.82) is 0 Å². The van der Waals surface area contributed by atoms with Gasteiger partial charge >= 0.3 is 11.9 Å². The fraction of sp³-hybridized carbons (Fsp3) is 0.615. The van der Waals surface area contributed by atoms with Crippen LogP contribution in [0.4, 0.5) is 11.6 Å². The van der Waals surface area contributed by atoms with Crippen LogP contribution in [0.3, 0.4) is 0 Å². The van der Waals surface area contributed by atoms with E-state index in [1.807, 2.05) is 0 Å². The molecule has 60 heteroatoms. The number of carboxylic acids is 2. The SMILES string of the molecule is C#CCC(C(=O)O)C(=O)SCCNC(=O)CCNC(=O)C(O)C(C)(C)COP(=O)([O-])OP(=O)([O-])OCC1OC(n2cnc3c(N)ncnc32)C(O)C1OP(=O)([O-])[O-].CC(C(=O)O)C(=O)SCCNC(=O)CCNC(=O)C(O)C(C)(C)COP(=O)([O-])OP(=O)([O-])OCC1OC(n2cnc3c(N)ncnc32)C(O)C1OP(=O)([O-])[O-]. The number of nitrogens with one attached hydrogen (secondary N) is 4. The van der Waals surface area contributed by atoms with Gasteiger partial charge < -0.3 is 148 Å². The van der Waals surface area contributed by atoms with E-state index in [9.17, 15) is 125 Å². The molecular formula is C52H72N14O38P6S2-8. The van der Waals surface area contributed by atoms with Gasteiger partial charge in [-0.15, -0.1) is 12.3 Å². The highest BCUT2D eigenvalue weighted by atomic mass is 32.2. The molecule has 2 aliphatic heterocycles. The molecule has 0 bridgehead atoms. The van der Waals surface area contributed by atoms with Crippen LogP contribution in [0.15, 0.2) is 25.3 Å². The number of carboxylic acid groups (broad SMARTS) is 2. The number of anilines is 2. The summed E-state index contributed by atoms with van der Waals surface area (Å²) in [6.45, 7) is 0.567. The molecule has 4 aromatic heterocycles. The van der Waals surface area contributed by atoms with Gasteiger partial charge in [-0.05, 0) is 6.92 Å². The van der Waals surface area contributed by atoms with Gasteiger partial charge in [-0.3, -0.25) is 65.8 Å². The van der Waals surface area contributed by atoms with Crippen LogP contribution in [0, 0.1) is 35.0 Å². The smallest absolute Gasteiger partial charge is 0.315 e. The molecule has 4 aromatic rings. The maximum absolute atomic E-state index is 12.5. The quantitative estimate of drug-likeness (QED) is 0.00847. The predicted octanol–water partition coefficient (Wildman–Crippen LogP) is -8.28. The lowest BCUT2D eigenvalue weighted by Crippen LogP contribution is -2.46. The van der Waals surface area contributed by atoms with Gasteiger partial charge in [0, 0.05) is 67.8 Å². The second-order valence-corrected chi connectivity index (χ2v) is 35.0. The van der Waals surface area contributed by atoms with E-state index in [0.29, 0.717) is 23.5 Å². The number of amides is 4. The zero-order valence-electron chi connectivity index (χ0n) is 58.5. The number of aliphatic hydroxyl groups is 4. The number of nitrogen functional groups attached to an aromatic ring is 2. The summed E-state index contributed by atoms with van der Waals surface area (Å²) >= 11 is 1.37. The molecule has 112 heavy (non-hydrogen) atoms. The van der Waals surface area contributed by atoms with E-state index in [1.165, 1.54) is 6.92 Å². The van der Waals surface area contributed by atoms with E-state index in [-0.39, 0.29) is 90.9 Å². The Bertz CT molecular complexity index is 4380. The summed E-state index contributed by atoms with van der Waals surface area (Å²) in [6, 6.07) is 0. The predicted molar refractivity (Wildman–Crippen MR) is 358 cm³/mol. The van der Waals surface area contributed by atoms with E-state index < -0.39 is 203 Å². The minimum atomic E-state index is -5.94. The van der Waals surface area contributed by atoms with Crippen LogP contribution in [0.1, 0.15) is 66.3 Å². The molecule has 0 aromatic carbocycles. The zero-order chi connectivity index (χ0) is 84.5. The number of ether oxygens (including phenoxy) is 2. The number of rotatable bonds is 43. The molecule has 2 fully saturated rings. The molecule has 0 aliphatic carbocycles. The van der Waals surface area contributed by atoms with Crippen LogP contribution in [0.2, 0.25) is 0 Å². The van der Waals surface area contributed by atoms with Crippen molar-refractivity contribution >= 4 is 150 Å². The number of aromatic nitrogens is 8. The van der Waals surface area contributed by atoms with Crippen molar-refractivity contribution in [3.05, 3.63) is 25.3 Å². The zero-order valence-corrected chi connectivity index (χ0v) is 65.5. The lowest BCUT2D eigenvalue weighted by molar-refractivity contribution is -0.348. The third-order valence-electron chi connectivity index (χ3n) is 15.1. The molecule has 6 rings (SSSR count). The Morgan fingerprint density at radius 1 is 0.580 bits per heavy atom. The Morgan fingerprint density at radius 2 is 0.946 bits per heavy atom. The first-order valence-electron chi connectivity index (χ1n) is 31.6. The first-order valence-corrected chi connectivity index (χ1v) is 42.3. The number of phosphoric acid groups is 6. The monoisotopic (exact) mass is 1750 g/mol. The second kappa shape index (κ2) is 41.0. The lowest BCUT2D eigenvalue weighted by Gasteiger charge is -2.36. The Hall–Kier alpha value is -6.38. The highest BCUT2D eigenvalue weighted by molar-refractivity contribution is 8.14. The van der Waals surface area contributed by atoms with E-state index in [1.54, 1.807) is 0 Å². The van der Waals surface area contributed by atoms with Crippen molar-refractivity contribution in [2.24, 2.45) is 22.7 Å². The summed E-state index contributed by atoms with van der Waals surface area (Å²) in [7, 11) is -35.3. The summed E-state index contributed by atoms with van der Waals surface area (Å²) < 4.78 is 121. The molecular weight excluding hydrogens is 1680 g/mol. The van der Waals surface area contributed by atoms with E-state index in [4.69, 9.17) is 37.6 Å². The molecule has 14 N–H and O–H groups in total. The summed E-state index contributed by atoms with van der Waals surface area (Å²) in [5, 5.41) is 68.5. The number of thioether (sulfide) groups is 2. The number of nitrogens with zero attached hydrogens (tertiary/aromatic N) is 8. The Balaban J connectivity index is 0.000000401. The van der Waals surface area contributed by atoms with E-state index in [0.717, 1.165) is 62.1 Å². The Kier molecular flexibility index (Phi) is 35.2. The molecule has 4 amide bonds. The van der Waals surface area contributed by atoms with Gasteiger partial charge in [0.2, 0.25) is 33.9 Å². The number of hydrogen-bond donors (Lipinski definition) is 12. The van der Waals surface area contributed by atoms with Gasteiger partial charge in [-0.2, -0.15) is 0 Å². The van der Waals surface area contributed by atoms with Gasteiger partial charge in [0.25, 0.3) is 31.3 Å². The number of carbonyl (C=O) groups excluding carboxylic acids is 6. The topological polar surface area (TPSA) is 824 Å². The van der Waals surface area contributed by atoms with Crippen molar-refractivity contribution in [3.63, 3.8) is 0 Å².